The summed E-state index contributed by atoms with van der Waals surface area (Å²) in [7, 11) is 0. The number of nitrogens with one attached hydrogen (secondary N) is 1. The van der Waals surface area contributed by atoms with Crippen molar-refractivity contribution < 1.29 is 4.79 Å². The van der Waals surface area contributed by atoms with Crippen LogP contribution in [-0.2, 0) is 13.1 Å². The number of carbonyl (C=O) groups excluding carboxylic acids is 1. The van der Waals surface area contributed by atoms with E-state index in [4.69, 9.17) is 11.6 Å². The fraction of sp³-hybridized carbons (Fsp3) is 0.316. The molecular formula is C19H21ClN2O. The largest absolute Gasteiger partial charge is 0.348 e. The van der Waals surface area contributed by atoms with Gasteiger partial charge in [-0.05, 0) is 49.2 Å². The van der Waals surface area contributed by atoms with Gasteiger partial charge in [-0.1, -0.05) is 48.0 Å². The number of benzene rings is 2. The van der Waals surface area contributed by atoms with Gasteiger partial charge < -0.3 is 5.32 Å². The Morgan fingerprint density at radius 1 is 1.00 bits per heavy atom. The molecule has 1 saturated heterocycles. The van der Waals surface area contributed by atoms with E-state index in [0.29, 0.717) is 17.1 Å². The van der Waals surface area contributed by atoms with Crippen molar-refractivity contribution in [3.05, 3.63) is 70.2 Å². The van der Waals surface area contributed by atoms with Crippen LogP contribution in [0.4, 0.5) is 0 Å². The first-order valence-corrected chi connectivity index (χ1v) is 8.43. The Labute approximate surface area is 142 Å². The predicted molar refractivity (Wildman–Crippen MR) is 93.6 cm³/mol. The van der Waals surface area contributed by atoms with Crippen LogP contribution < -0.4 is 5.32 Å². The highest BCUT2D eigenvalue weighted by Gasteiger charge is 2.12. The highest BCUT2D eigenvalue weighted by Crippen LogP contribution is 2.15. The summed E-state index contributed by atoms with van der Waals surface area (Å²) in [5.74, 6) is -0.142. The summed E-state index contributed by atoms with van der Waals surface area (Å²) in [5.41, 5.74) is 2.93. The minimum atomic E-state index is -0.142. The Morgan fingerprint density at radius 3 is 2.35 bits per heavy atom. The maximum atomic E-state index is 12.1. The lowest BCUT2D eigenvalue weighted by atomic mass is 10.1. The van der Waals surface area contributed by atoms with Gasteiger partial charge in [0.2, 0.25) is 0 Å². The van der Waals surface area contributed by atoms with Crippen molar-refractivity contribution >= 4 is 17.5 Å². The van der Waals surface area contributed by atoms with Gasteiger partial charge in [0.25, 0.3) is 5.91 Å². The smallest absolute Gasteiger partial charge is 0.253 e. The second-order valence-corrected chi connectivity index (χ2v) is 6.37. The maximum absolute atomic E-state index is 12.1. The molecule has 0 bridgehead atoms. The zero-order valence-electron chi connectivity index (χ0n) is 13.1. The lowest BCUT2D eigenvalue weighted by molar-refractivity contribution is 0.0951. The lowest BCUT2D eigenvalue weighted by Gasteiger charge is -2.14. The van der Waals surface area contributed by atoms with Gasteiger partial charge in [-0.25, -0.2) is 0 Å². The molecule has 3 rings (SSSR count). The Morgan fingerprint density at radius 2 is 1.65 bits per heavy atom. The lowest BCUT2D eigenvalue weighted by Crippen LogP contribution is -2.23. The zero-order valence-corrected chi connectivity index (χ0v) is 13.9. The van der Waals surface area contributed by atoms with Crippen LogP contribution in [0.2, 0.25) is 5.02 Å². The van der Waals surface area contributed by atoms with E-state index >= 15 is 0 Å². The quantitative estimate of drug-likeness (QED) is 0.903. The molecule has 1 amide bonds. The molecule has 23 heavy (non-hydrogen) atoms. The Hall–Kier alpha value is -1.84. The van der Waals surface area contributed by atoms with Gasteiger partial charge in [0.1, 0.15) is 0 Å². The topological polar surface area (TPSA) is 32.3 Å². The van der Waals surface area contributed by atoms with Crippen LogP contribution in [0.3, 0.4) is 0 Å². The van der Waals surface area contributed by atoms with Crippen molar-refractivity contribution in [2.45, 2.75) is 25.9 Å². The van der Waals surface area contributed by atoms with Gasteiger partial charge in [-0.3, -0.25) is 9.69 Å². The van der Waals surface area contributed by atoms with Crippen LogP contribution in [0.1, 0.15) is 34.3 Å². The Balaban J connectivity index is 1.54. The van der Waals surface area contributed by atoms with Crippen molar-refractivity contribution in [1.29, 1.82) is 0 Å². The number of amides is 1. The molecule has 3 nitrogen and oxygen atoms in total. The molecule has 1 aliphatic heterocycles. The maximum Gasteiger partial charge on any atom is 0.253 e. The average Bonchev–Trinajstić information content (AvgIpc) is 3.07. The summed E-state index contributed by atoms with van der Waals surface area (Å²) in [4.78, 5) is 14.6. The second-order valence-electron chi connectivity index (χ2n) is 5.96. The predicted octanol–water partition coefficient (Wildman–Crippen LogP) is 3.87. The molecule has 0 aliphatic carbocycles. The highest BCUT2D eigenvalue weighted by atomic mass is 35.5. The van der Waals surface area contributed by atoms with E-state index in [1.54, 1.807) is 12.1 Å². The van der Waals surface area contributed by atoms with E-state index in [1.807, 2.05) is 12.1 Å². The van der Waals surface area contributed by atoms with Crippen molar-refractivity contribution in [3.8, 4) is 0 Å². The summed E-state index contributed by atoms with van der Waals surface area (Å²) in [6, 6.07) is 15.5. The third-order valence-corrected chi connectivity index (χ3v) is 4.53. The Bertz CT molecular complexity index is 663. The first kappa shape index (κ1) is 16.0. The van der Waals surface area contributed by atoms with Crippen LogP contribution in [0, 0.1) is 0 Å². The molecule has 0 unspecified atom stereocenters. The number of hydrogen-bond donors (Lipinski definition) is 1. The fourth-order valence-corrected chi connectivity index (χ4v) is 3.11. The third-order valence-electron chi connectivity index (χ3n) is 4.20. The first-order chi connectivity index (χ1) is 11.2. The summed E-state index contributed by atoms with van der Waals surface area (Å²) < 4.78 is 0. The SMILES string of the molecule is O=C(NCc1ccc(CN2CCCC2)cc1)c1ccccc1Cl. The van der Waals surface area contributed by atoms with Crippen LogP contribution >= 0.6 is 11.6 Å². The number of carbonyl (C=O) groups is 1. The summed E-state index contributed by atoms with van der Waals surface area (Å²) in [6.07, 6.45) is 2.62. The number of likely N-dealkylation sites (tertiary alicyclic amines) is 1. The standard InChI is InChI=1S/C19H21ClN2O/c20-18-6-2-1-5-17(18)19(23)21-13-15-7-9-16(10-8-15)14-22-11-3-4-12-22/h1-2,5-10H,3-4,11-14H2,(H,21,23). The third kappa shape index (κ3) is 4.34. The van der Waals surface area contributed by atoms with Gasteiger partial charge in [-0.15, -0.1) is 0 Å². The number of hydrogen-bond acceptors (Lipinski definition) is 2. The van der Waals surface area contributed by atoms with Gasteiger partial charge in [-0.2, -0.15) is 0 Å². The minimum Gasteiger partial charge on any atom is -0.348 e. The molecule has 120 valence electrons. The fourth-order valence-electron chi connectivity index (χ4n) is 2.88. The molecule has 1 N–H and O–H groups in total. The number of nitrogens with zero attached hydrogens (tertiary/aromatic N) is 1. The van der Waals surface area contributed by atoms with Crippen LogP contribution in [0.5, 0.6) is 0 Å². The normalized spacial score (nSPS) is 14.8. The molecule has 0 spiro atoms. The summed E-state index contributed by atoms with van der Waals surface area (Å²) in [6.45, 7) is 3.94. The molecule has 0 saturated carbocycles. The molecular weight excluding hydrogens is 308 g/mol. The van der Waals surface area contributed by atoms with E-state index in [9.17, 15) is 4.79 Å². The molecule has 1 fully saturated rings. The van der Waals surface area contributed by atoms with Crippen LogP contribution in [0.15, 0.2) is 48.5 Å². The van der Waals surface area contributed by atoms with Crippen molar-refractivity contribution in [3.63, 3.8) is 0 Å². The summed E-state index contributed by atoms with van der Waals surface area (Å²) in [5, 5.41) is 3.39. The van der Waals surface area contributed by atoms with E-state index < -0.39 is 0 Å². The molecule has 0 aromatic heterocycles. The number of halogens is 1. The van der Waals surface area contributed by atoms with Crippen molar-refractivity contribution in [2.75, 3.05) is 13.1 Å². The minimum absolute atomic E-state index is 0.142. The summed E-state index contributed by atoms with van der Waals surface area (Å²) >= 11 is 6.04. The molecule has 1 aliphatic rings. The molecule has 4 heteroatoms. The van der Waals surface area contributed by atoms with Gasteiger partial charge >= 0.3 is 0 Å². The van der Waals surface area contributed by atoms with E-state index in [-0.39, 0.29) is 5.91 Å². The van der Waals surface area contributed by atoms with E-state index in [0.717, 1.165) is 12.1 Å². The monoisotopic (exact) mass is 328 g/mol. The molecule has 0 atom stereocenters. The Kier molecular flexibility index (Phi) is 5.31. The van der Waals surface area contributed by atoms with E-state index in [2.05, 4.69) is 34.5 Å². The molecule has 0 radical (unpaired) electrons. The molecule has 1 heterocycles. The van der Waals surface area contributed by atoms with Gasteiger partial charge in [0.15, 0.2) is 0 Å². The highest BCUT2D eigenvalue weighted by molar-refractivity contribution is 6.33. The first-order valence-electron chi connectivity index (χ1n) is 8.05. The van der Waals surface area contributed by atoms with Gasteiger partial charge in [0, 0.05) is 13.1 Å². The average molecular weight is 329 g/mol. The molecule has 2 aromatic carbocycles. The molecule has 2 aromatic rings. The van der Waals surface area contributed by atoms with Gasteiger partial charge in [0.05, 0.1) is 10.6 Å². The van der Waals surface area contributed by atoms with E-state index in [1.165, 1.54) is 31.5 Å². The second kappa shape index (κ2) is 7.62. The zero-order chi connectivity index (χ0) is 16.1. The van der Waals surface area contributed by atoms with Crippen LogP contribution in [-0.4, -0.2) is 23.9 Å². The van der Waals surface area contributed by atoms with Crippen LogP contribution in [0.25, 0.3) is 0 Å². The van der Waals surface area contributed by atoms with Crippen molar-refractivity contribution in [1.82, 2.24) is 10.2 Å². The van der Waals surface area contributed by atoms with Crippen molar-refractivity contribution in [2.24, 2.45) is 0 Å². The number of rotatable bonds is 5.